The molecule has 2 aromatic heterocycles. The van der Waals surface area contributed by atoms with E-state index < -0.39 is 12.1 Å². The Hall–Kier alpha value is -3.19. The number of nitrogens with zero attached hydrogens (tertiary/aromatic N) is 2. The summed E-state index contributed by atoms with van der Waals surface area (Å²) in [6.45, 7) is 6.41. The number of benzene rings is 1. The molecule has 7 heteroatoms. The summed E-state index contributed by atoms with van der Waals surface area (Å²) in [4.78, 5) is 24.3. The van der Waals surface area contributed by atoms with Crippen LogP contribution in [0.15, 0.2) is 48.8 Å². The largest absolute Gasteiger partial charge is 0.386 e. The van der Waals surface area contributed by atoms with Crippen molar-refractivity contribution < 1.29 is 9.90 Å². The molecule has 0 saturated heterocycles. The molecule has 3 rings (SSSR count). The highest BCUT2D eigenvalue weighted by atomic mass is 16.3. The Balaban J connectivity index is 1.73. The number of anilines is 1. The van der Waals surface area contributed by atoms with Crippen molar-refractivity contribution >= 4 is 11.9 Å². The standard InChI is InChI=1S/C21H25N5O2/c1-4-22-21-24-11-13(2)18(26-21)16-10-17(23-12-16)20(28)25-14(3)19(27)15-8-6-5-7-9-15/h5-12,14,19,23,27H,4H2,1-3H3,(H,25,28)(H,22,24,26). The van der Waals surface area contributed by atoms with Crippen molar-refractivity contribution in [2.45, 2.75) is 32.9 Å². The van der Waals surface area contributed by atoms with E-state index in [0.717, 1.165) is 28.9 Å². The smallest absolute Gasteiger partial charge is 0.268 e. The normalized spacial score (nSPS) is 13.0. The van der Waals surface area contributed by atoms with Gasteiger partial charge in [0.15, 0.2) is 0 Å². The molecule has 2 unspecified atom stereocenters. The van der Waals surface area contributed by atoms with Crippen LogP contribution in [-0.2, 0) is 0 Å². The van der Waals surface area contributed by atoms with E-state index in [9.17, 15) is 9.90 Å². The van der Waals surface area contributed by atoms with Gasteiger partial charge in [0.1, 0.15) is 5.69 Å². The quantitative estimate of drug-likeness (QED) is 0.505. The first-order valence-corrected chi connectivity index (χ1v) is 9.29. The summed E-state index contributed by atoms with van der Waals surface area (Å²) in [6, 6.07) is 10.6. The van der Waals surface area contributed by atoms with E-state index in [1.165, 1.54) is 0 Å². The summed E-state index contributed by atoms with van der Waals surface area (Å²) in [5.41, 5.74) is 3.65. The number of carbonyl (C=O) groups is 1. The van der Waals surface area contributed by atoms with Crippen LogP contribution >= 0.6 is 0 Å². The van der Waals surface area contributed by atoms with Gasteiger partial charge in [-0.15, -0.1) is 0 Å². The lowest BCUT2D eigenvalue weighted by molar-refractivity contribution is 0.0848. The number of hydrogen-bond donors (Lipinski definition) is 4. The minimum Gasteiger partial charge on any atom is -0.386 e. The zero-order chi connectivity index (χ0) is 20.1. The van der Waals surface area contributed by atoms with Gasteiger partial charge in [-0.1, -0.05) is 30.3 Å². The first-order valence-electron chi connectivity index (χ1n) is 9.29. The predicted octanol–water partition coefficient (Wildman–Crippen LogP) is 3.06. The van der Waals surface area contributed by atoms with Crippen LogP contribution in [0.3, 0.4) is 0 Å². The molecule has 3 aromatic rings. The molecule has 0 aliphatic rings. The molecular weight excluding hydrogens is 354 g/mol. The zero-order valence-corrected chi connectivity index (χ0v) is 16.2. The molecule has 1 amide bonds. The number of hydrogen-bond acceptors (Lipinski definition) is 5. The molecule has 0 aliphatic carbocycles. The van der Waals surface area contributed by atoms with Gasteiger partial charge in [0.05, 0.1) is 17.8 Å². The Labute approximate surface area is 164 Å². The number of amides is 1. The monoisotopic (exact) mass is 379 g/mol. The van der Waals surface area contributed by atoms with Crippen molar-refractivity contribution in [3.63, 3.8) is 0 Å². The minimum absolute atomic E-state index is 0.285. The fourth-order valence-electron chi connectivity index (χ4n) is 2.94. The average molecular weight is 379 g/mol. The van der Waals surface area contributed by atoms with Gasteiger partial charge in [-0.3, -0.25) is 4.79 Å². The molecule has 1 aromatic carbocycles. The molecule has 0 saturated carbocycles. The van der Waals surface area contributed by atoms with Gasteiger partial charge in [-0.2, -0.15) is 0 Å². The Kier molecular flexibility index (Phi) is 6.06. The summed E-state index contributed by atoms with van der Waals surface area (Å²) in [6.07, 6.45) is 2.72. The van der Waals surface area contributed by atoms with E-state index in [-0.39, 0.29) is 5.91 Å². The lowest BCUT2D eigenvalue weighted by Crippen LogP contribution is -2.37. The number of carbonyl (C=O) groups excluding carboxylic acids is 1. The van der Waals surface area contributed by atoms with Gasteiger partial charge in [-0.25, -0.2) is 9.97 Å². The highest BCUT2D eigenvalue weighted by Gasteiger charge is 2.20. The average Bonchev–Trinajstić information content (AvgIpc) is 3.20. The Morgan fingerprint density at radius 2 is 2.04 bits per heavy atom. The molecule has 7 nitrogen and oxygen atoms in total. The number of aromatic nitrogens is 3. The number of aryl methyl sites for hydroxylation is 1. The van der Waals surface area contributed by atoms with Gasteiger partial charge in [0.25, 0.3) is 5.91 Å². The first-order chi connectivity index (χ1) is 13.5. The molecule has 4 N–H and O–H groups in total. The second-order valence-corrected chi connectivity index (χ2v) is 6.68. The lowest BCUT2D eigenvalue weighted by Gasteiger charge is -2.20. The first kappa shape index (κ1) is 19.6. The number of aromatic amines is 1. The van der Waals surface area contributed by atoms with Crippen LogP contribution in [0, 0.1) is 6.92 Å². The van der Waals surface area contributed by atoms with Crippen LogP contribution in [0.4, 0.5) is 5.95 Å². The van der Waals surface area contributed by atoms with Gasteiger partial charge in [0, 0.05) is 24.5 Å². The van der Waals surface area contributed by atoms with E-state index in [2.05, 4.69) is 25.6 Å². The molecule has 2 atom stereocenters. The second kappa shape index (κ2) is 8.67. The van der Waals surface area contributed by atoms with E-state index in [1.54, 1.807) is 25.4 Å². The summed E-state index contributed by atoms with van der Waals surface area (Å²) in [5, 5.41) is 16.4. The van der Waals surface area contributed by atoms with Gasteiger partial charge in [0.2, 0.25) is 5.95 Å². The van der Waals surface area contributed by atoms with Crippen LogP contribution in [-0.4, -0.2) is 38.6 Å². The van der Waals surface area contributed by atoms with Crippen molar-refractivity contribution in [2.75, 3.05) is 11.9 Å². The molecule has 0 fully saturated rings. The van der Waals surface area contributed by atoms with Crippen molar-refractivity contribution in [3.05, 3.63) is 65.6 Å². The van der Waals surface area contributed by atoms with Crippen LogP contribution < -0.4 is 10.6 Å². The number of rotatable bonds is 7. The highest BCUT2D eigenvalue weighted by Crippen LogP contribution is 2.23. The fourth-order valence-corrected chi connectivity index (χ4v) is 2.94. The van der Waals surface area contributed by atoms with E-state index in [4.69, 9.17) is 0 Å². The van der Waals surface area contributed by atoms with Crippen molar-refractivity contribution in [1.82, 2.24) is 20.3 Å². The zero-order valence-electron chi connectivity index (χ0n) is 16.2. The van der Waals surface area contributed by atoms with Crippen LogP contribution in [0.2, 0.25) is 0 Å². The maximum Gasteiger partial charge on any atom is 0.268 e. The summed E-state index contributed by atoms with van der Waals surface area (Å²) < 4.78 is 0. The van der Waals surface area contributed by atoms with Crippen LogP contribution in [0.25, 0.3) is 11.3 Å². The molecule has 146 valence electrons. The van der Waals surface area contributed by atoms with E-state index in [1.807, 2.05) is 44.2 Å². The Morgan fingerprint density at radius 3 is 2.75 bits per heavy atom. The van der Waals surface area contributed by atoms with Crippen LogP contribution in [0.1, 0.15) is 41.6 Å². The number of nitrogens with one attached hydrogen (secondary N) is 3. The molecule has 2 heterocycles. The third-order valence-electron chi connectivity index (χ3n) is 4.48. The highest BCUT2D eigenvalue weighted by molar-refractivity contribution is 5.94. The van der Waals surface area contributed by atoms with Crippen LogP contribution in [0.5, 0.6) is 0 Å². The third kappa shape index (κ3) is 4.37. The third-order valence-corrected chi connectivity index (χ3v) is 4.48. The maximum absolute atomic E-state index is 12.6. The lowest BCUT2D eigenvalue weighted by atomic mass is 10.0. The van der Waals surface area contributed by atoms with E-state index in [0.29, 0.717) is 11.6 Å². The molecule has 28 heavy (non-hydrogen) atoms. The Bertz CT molecular complexity index is 939. The summed E-state index contributed by atoms with van der Waals surface area (Å²) in [7, 11) is 0. The number of H-pyrrole nitrogens is 1. The Morgan fingerprint density at radius 1 is 1.29 bits per heavy atom. The molecular formula is C21H25N5O2. The van der Waals surface area contributed by atoms with Crippen molar-refractivity contribution in [3.8, 4) is 11.3 Å². The van der Waals surface area contributed by atoms with Crippen molar-refractivity contribution in [2.24, 2.45) is 0 Å². The second-order valence-electron chi connectivity index (χ2n) is 6.68. The fraction of sp³-hybridized carbons (Fsp3) is 0.286. The molecule has 0 spiro atoms. The summed E-state index contributed by atoms with van der Waals surface area (Å²) >= 11 is 0. The maximum atomic E-state index is 12.6. The number of aliphatic hydroxyl groups excluding tert-OH is 1. The predicted molar refractivity (Wildman–Crippen MR) is 109 cm³/mol. The molecule has 0 radical (unpaired) electrons. The van der Waals surface area contributed by atoms with E-state index >= 15 is 0 Å². The molecule has 0 aliphatic heterocycles. The van der Waals surface area contributed by atoms with Gasteiger partial charge >= 0.3 is 0 Å². The minimum atomic E-state index is -0.786. The van der Waals surface area contributed by atoms with Gasteiger partial charge < -0.3 is 20.7 Å². The topological polar surface area (TPSA) is 103 Å². The van der Waals surface area contributed by atoms with Crippen molar-refractivity contribution in [1.29, 1.82) is 0 Å². The molecule has 0 bridgehead atoms. The summed E-state index contributed by atoms with van der Waals surface area (Å²) in [5.74, 6) is 0.266. The van der Waals surface area contributed by atoms with Gasteiger partial charge in [-0.05, 0) is 38.0 Å². The number of aliphatic hydroxyl groups is 1. The SMILES string of the molecule is CCNc1ncc(C)c(-c2c[nH]c(C(=O)NC(C)C(O)c3ccccc3)c2)n1.